The van der Waals surface area contributed by atoms with Gasteiger partial charge in [0.05, 0.1) is 22.8 Å². The maximum atomic E-state index is 13.0. The number of carbonyl (C=O) groups is 1. The molecule has 1 aliphatic rings. The number of aromatic nitrogens is 2. The number of nitrogens with one attached hydrogen (secondary N) is 1. The summed E-state index contributed by atoms with van der Waals surface area (Å²) >= 11 is 0. The lowest BCUT2D eigenvalue weighted by molar-refractivity contribution is -0.135. The van der Waals surface area contributed by atoms with Crippen molar-refractivity contribution in [1.29, 1.82) is 0 Å². The maximum absolute atomic E-state index is 13.0. The first-order valence-electron chi connectivity index (χ1n) is 9.71. The molecule has 26 heavy (non-hydrogen) atoms. The van der Waals surface area contributed by atoms with Crippen molar-refractivity contribution in [2.24, 2.45) is 0 Å². The molecule has 0 aliphatic carbocycles. The van der Waals surface area contributed by atoms with Crippen molar-refractivity contribution in [1.82, 2.24) is 14.7 Å². The Bertz CT molecular complexity index is 753. The molecule has 0 saturated carbocycles. The van der Waals surface area contributed by atoms with E-state index >= 15 is 0 Å². The second kappa shape index (κ2) is 7.94. The Morgan fingerprint density at radius 2 is 2.00 bits per heavy atom. The molecule has 1 fully saturated rings. The fourth-order valence-electron chi connectivity index (χ4n) is 3.91. The van der Waals surface area contributed by atoms with Gasteiger partial charge in [-0.15, -0.1) is 0 Å². The second-order valence-electron chi connectivity index (χ2n) is 7.25. The summed E-state index contributed by atoms with van der Waals surface area (Å²) in [6, 6.07) is 10.2. The Kier molecular flexibility index (Phi) is 5.64. The summed E-state index contributed by atoms with van der Waals surface area (Å²) in [6.07, 6.45) is 4.49. The molecule has 2 aromatic rings. The quantitative estimate of drug-likeness (QED) is 0.880. The van der Waals surface area contributed by atoms with Crippen LogP contribution < -0.4 is 5.32 Å². The van der Waals surface area contributed by atoms with Crippen LogP contribution in [0, 0.1) is 13.8 Å². The summed E-state index contributed by atoms with van der Waals surface area (Å²) in [4.78, 5) is 15.1. The standard InChI is InChI=1S/C21H30N4O/c1-5-18-11-9-10-14-24(18)21(26)16(3)22-20-15(2)23-25(17(20)4)19-12-7-6-8-13-19/h6-8,12-13,16,18,22H,5,9-11,14H2,1-4H3. The Morgan fingerprint density at radius 1 is 1.27 bits per heavy atom. The maximum Gasteiger partial charge on any atom is 0.245 e. The normalized spacial score (nSPS) is 18.6. The van der Waals surface area contributed by atoms with Crippen LogP contribution in [0.4, 0.5) is 5.69 Å². The highest BCUT2D eigenvalue weighted by molar-refractivity contribution is 5.85. The molecule has 1 aromatic carbocycles. The summed E-state index contributed by atoms with van der Waals surface area (Å²) in [7, 11) is 0. The first-order chi connectivity index (χ1) is 12.5. The van der Waals surface area contributed by atoms with Crippen LogP contribution in [-0.4, -0.2) is 39.2 Å². The van der Waals surface area contributed by atoms with Gasteiger partial charge >= 0.3 is 0 Å². The first-order valence-corrected chi connectivity index (χ1v) is 9.71. The molecule has 140 valence electrons. The second-order valence-corrected chi connectivity index (χ2v) is 7.25. The van der Waals surface area contributed by atoms with E-state index in [4.69, 9.17) is 0 Å². The first kappa shape index (κ1) is 18.5. The average Bonchev–Trinajstić information content (AvgIpc) is 2.96. The highest BCUT2D eigenvalue weighted by Gasteiger charge is 2.29. The molecule has 5 nitrogen and oxygen atoms in total. The van der Waals surface area contributed by atoms with Crippen LogP contribution in [0.15, 0.2) is 30.3 Å². The molecule has 1 saturated heterocycles. The Balaban J connectivity index is 1.78. The summed E-state index contributed by atoms with van der Waals surface area (Å²) < 4.78 is 1.94. The van der Waals surface area contributed by atoms with E-state index in [1.54, 1.807) is 0 Å². The van der Waals surface area contributed by atoms with Crippen molar-refractivity contribution < 1.29 is 4.79 Å². The number of amides is 1. The highest BCUT2D eigenvalue weighted by Crippen LogP contribution is 2.25. The molecule has 2 atom stereocenters. The number of likely N-dealkylation sites (tertiary alicyclic amines) is 1. The van der Waals surface area contributed by atoms with E-state index in [2.05, 4.69) is 22.2 Å². The third-order valence-electron chi connectivity index (χ3n) is 5.40. The van der Waals surface area contributed by atoms with E-state index in [1.807, 2.05) is 55.8 Å². The predicted molar refractivity (Wildman–Crippen MR) is 106 cm³/mol. The molecule has 0 spiro atoms. The van der Waals surface area contributed by atoms with Crippen molar-refractivity contribution in [3.8, 4) is 5.69 Å². The smallest absolute Gasteiger partial charge is 0.245 e. The summed E-state index contributed by atoms with van der Waals surface area (Å²) in [6.45, 7) is 9.05. The van der Waals surface area contributed by atoms with Gasteiger partial charge in [0, 0.05) is 12.6 Å². The van der Waals surface area contributed by atoms with Gasteiger partial charge in [0.15, 0.2) is 0 Å². The Labute approximate surface area is 156 Å². The molecule has 1 aliphatic heterocycles. The van der Waals surface area contributed by atoms with Crippen LogP contribution in [0.5, 0.6) is 0 Å². The van der Waals surface area contributed by atoms with Gasteiger partial charge in [0.1, 0.15) is 6.04 Å². The number of aryl methyl sites for hydroxylation is 1. The van der Waals surface area contributed by atoms with E-state index in [9.17, 15) is 4.79 Å². The third-order valence-corrected chi connectivity index (χ3v) is 5.40. The third kappa shape index (κ3) is 3.62. The van der Waals surface area contributed by atoms with E-state index in [-0.39, 0.29) is 11.9 Å². The number of nitrogens with zero attached hydrogens (tertiary/aromatic N) is 3. The number of rotatable bonds is 5. The minimum absolute atomic E-state index is 0.197. The number of benzene rings is 1. The van der Waals surface area contributed by atoms with Gasteiger partial charge < -0.3 is 10.2 Å². The molecule has 2 heterocycles. The SMILES string of the molecule is CCC1CCCCN1C(=O)C(C)Nc1c(C)nn(-c2ccccc2)c1C. The number of piperidine rings is 1. The van der Waals surface area contributed by atoms with Gasteiger partial charge in [-0.3, -0.25) is 4.79 Å². The lowest BCUT2D eigenvalue weighted by atomic mass is 9.99. The molecular formula is C21H30N4O. The highest BCUT2D eigenvalue weighted by atomic mass is 16.2. The number of hydrogen-bond donors (Lipinski definition) is 1. The zero-order valence-corrected chi connectivity index (χ0v) is 16.3. The van der Waals surface area contributed by atoms with E-state index in [0.717, 1.165) is 48.6 Å². The van der Waals surface area contributed by atoms with Crippen LogP contribution in [0.25, 0.3) is 5.69 Å². The van der Waals surface area contributed by atoms with Gasteiger partial charge in [-0.2, -0.15) is 5.10 Å². The number of anilines is 1. The van der Waals surface area contributed by atoms with E-state index in [1.165, 1.54) is 6.42 Å². The molecule has 5 heteroatoms. The topological polar surface area (TPSA) is 50.2 Å². The molecule has 0 radical (unpaired) electrons. The van der Waals surface area contributed by atoms with Crippen LogP contribution in [0.1, 0.15) is 50.9 Å². The lowest BCUT2D eigenvalue weighted by Gasteiger charge is -2.37. The Hall–Kier alpha value is -2.30. The van der Waals surface area contributed by atoms with Crippen molar-refractivity contribution in [2.75, 3.05) is 11.9 Å². The lowest BCUT2D eigenvalue weighted by Crippen LogP contribution is -2.49. The van der Waals surface area contributed by atoms with Crippen molar-refractivity contribution in [3.63, 3.8) is 0 Å². The van der Waals surface area contributed by atoms with Crippen LogP contribution in [0.2, 0.25) is 0 Å². The van der Waals surface area contributed by atoms with E-state index < -0.39 is 0 Å². The number of carbonyl (C=O) groups excluding carboxylic acids is 1. The fraction of sp³-hybridized carbons (Fsp3) is 0.524. The zero-order valence-electron chi connectivity index (χ0n) is 16.3. The van der Waals surface area contributed by atoms with Gasteiger partial charge in [-0.05, 0) is 58.6 Å². The largest absolute Gasteiger partial charge is 0.371 e. The number of para-hydroxylation sites is 1. The number of hydrogen-bond acceptors (Lipinski definition) is 3. The molecular weight excluding hydrogens is 324 g/mol. The minimum Gasteiger partial charge on any atom is -0.371 e. The summed E-state index contributed by atoms with van der Waals surface area (Å²) in [5, 5.41) is 8.10. The van der Waals surface area contributed by atoms with Crippen LogP contribution in [-0.2, 0) is 4.79 Å². The van der Waals surface area contributed by atoms with Crippen molar-refractivity contribution >= 4 is 11.6 Å². The van der Waals surface area contributed by atoms with Gasteiger partial charge in [0.2, 0.25) is 5.91 Å². The predicted octanol–water partition coefficient (Wildman–Crippen LogP) is 4.08. The van der Waals surface area contributed by atoms with Crippen molar-refractivity contribution in [2.45, 2.75) is 65.5 Å². The fourth-order valence-corrected chi connectivity index (χ4v) is 3.91. The average molecular weight is 354 g/mol. The van der Waals surface area contributed by atoms with Gasteiger partial charge in [0.25, 0.3) is 0 Å². The monoisotopic (exact) mass is 354 g/mol. The molecule has 1 N–H and O–H groups in total. The van der Waals surface area contributed by atoms with Crippen molar-refractivity contribution in [3.05, 3.63) is 41.7 Å². The van der Waals surface area contributed by atoms with Gasteiger partial charge in [-0.1, -0.05) is 25.1 Å². The molecule has 1 amide bonds. The van der Waals surface area contributed by atoms with E-state index in [0.29, 0.717) is 6.04 Å². The molecule has 2 unspecified atom stereocenters. The molecule has 1 aromatic heterocycles. The van der Waals surface area contributed by atoms with Crippen LogP contribution in [0.3, 0.4) is 0 Å². The van der Waals surface area contributed by atoms with Crippen LogP contribution >= 0.6 is 0 Å². The summed E-state index contributed by atoms with van der Waals surface area (Å²) in [5.41, 5.74) is 3.93. The van der Waals surface area contributed by atoms with Gasteiger partial charge in [-0.25, -0.2) is 4.68 Å². The minimum atomic E-state index is -0.257. The zero-order chi connectivity index (χ0) is 18.7. The Morgan fingerprint density at radius 3 is 2.69 bits per heavy atom. The summed E-state index contributed by atoms with van der Waals surface area (Å²) in [5.74, 6) is 0.197. The molecule has 3 rings (SSSR count). The molecule has 0 bridgehead atoms.